The number of carbonyl (C=O) groups excluding carboxylic acids is 1. The molecule has 3 heterocycles. The maximum Gasteiger partial charge on any atom is 0.265 e. The molecule has 142 valence electrons. The SMILES string of the molecule is CC1CCN(S(=O)(=O)c2ccc(C(=O)Nc3ccc(N)nc3)s2)CC1.Cl. The highest BCUT2D eigenvalue weighted by Gasteiger charge is 2.29. The van der Waals surface area contributed by atoms with Crippen LogP contribution in [0.4, 0.5) is 11.5 Å². The maximum absolute atomic E-state index is 12.7. The fraction of sp³-hybridized carbons (Fsp3) is 0.375. The van der Waals surface area contributed by atoms with Crippen LogP contribution in [0.1, 0.15) is 29.4 Å². The van der Waals surface area contributed by atoms with Crippen molar-refractivity contribution in [1.82, 2.24) is 9.29 Å². The summed E-state index contributed by atoms with van der Waals surface area (Å²) in [7, 11) is -3.53. The molecule has 0 atom stereocenters. The first kappa shape index (κ1) is 20.6. The first-order valence-electron chi connectivity index (χ1n) is 7.99. The van der Waals surface area contributed by atoms with E-state index in [1.165, 1.54) is 22.6 Å². The number of anilines is 2. The molecule has 3 N–H and O–H groups in total. The molecule has 26 heavy (non-hydrogen) atoms. The molecular weight excluding hydrogens is 396 g/mol. The van der Waals surface area contributed by atoms with Crippen molar-refractivity contribution in [3.05, 3.63) is 35.3 Å². The molecule has 10 heteroatoms. The van der Waals surface area contributed by atoms with Crippen molar-refractivity contribution >= 4 is 51.2 Å². The normalized spacial score (nSPS) is 16.0. The van der Waals surface area contributed by atoms with Gasteiger partial charge in [0.25, 0.3) is 15.9 Å². The summed E-state index contributed by atoms with van der Waals surface area (Å²) in [5, 5.41) is 2.68. The average Bonchev–Trinajstić information content (AvgIpc) is 3.08. The van der Waals surface area contributed by atoms with Gasteiger partial charge in [0.05, 0.1) is 16.8 Å². The Morgan fingerprint density at radius 1 is 1.27 bits per heavy atom. The number of aromatic nitrogens is 1. The second-order valence-corrected chi connectivity index (χ2v) is 9.38. The third kappa shape index (κ3) is 4.53. The van der Waals surface area contributed by atoms with Gasteiger partial charge in [0.15, 0.2) is 0 Å². The third-order valence-electron chi connectivity index (χ3n) is 4.19. The molecule has 0 aliphatic carbocycles. The van der Waals surface area contributed by atoms with E-state index in [9.17, 15) is 13.2 Å². The van der Waals surface area contributed by atoms with Crippen LogP contribution in [0.3, 0.4) is 0 Å². The van der Waals surface area contributed by atoms with Gasteiger partial charge in [0.1, 0.15) is 10.0 Å². The Balaban J connectivity index is 0.00000243. The highest BCUT2D eigenvalue weighted by Crippen LogP contribution is 2.28. The van der Waals surface area contributed by atoms with Gasteiger partial charge in [-0.15, -0.1) is 23.7 Å². The number of nitrogens with two attached hydrogens (primary N) is 1. The first-order valence-corrected chi connectivity index (χ1v) is 10.2. The summed E-state index contributed by atoms with van der Waals surface area (Å²) in [6.45, 7) is 3.18. The number of piperidine rings is 1. The van der Waals surface area contributed by atoms with Gasteiger partial charge in [-0.1, -0.05) is 6.92 Å². The highest BCUT2D eigenvalue weighted by atomic mass is 35.5. The quantitative estimate of drug-likeness (QED) is 0.797. The first-order chi connectivity index (χ1) is 11.9. The minimum absolute atomic E-state index is 0. The van der Waals surface area contributed by atoms with E-state index >= 15 is 0 Å². The number of amides is 1. The number of halogens is 1. The zero-order chi connectivity index (χ0) is 18.0. The minimum atomic E-state index is -3.53. The van der Waals surface area contributed by atoms with Crippen LogP contribution in [-0.4, -0.2) is 36.7 Å². The topological polar surface area (TPSA) is 105 Å². The number of carbonyl (C=O) groups is 1. The van der Waals surface area contributed by atoms with E-state index in [0.29, 0.717) is 35.4 Å². The summed E-state index contributed by atoms with van der Waals surface area (Å²) in [5.41, 5.74) is 6.01. The smallest absolute Gasteiger partial charge is 0.265 e. The molecule has 1 saturated heterocycles. The Kier molecular flexibility index (Phi) is 6.62. The molecule has 0 unspecified atom stereocenters. The molecule has 3 rings (SSSR count). The molecule has 1 fully saturated rings. The molecule has 2 aromatic rings. The number of nitrogens with zero attached hydrogens (tertiary/aromatic N) is 2. The van der Waals surface area contributed by atoms with E-state index in [4.69, 9.17) is 5.73 Å². The number of thiophene rings is 1. The fourth-order valence-electron chi connectivity index (χ4n) is 2.61. The van der Waals surface area contributed by atoms with Crippen LogP contribution >= 0.6 is 23.7 Å². The van der Waals surface area contributed by atoms with E-state index in [-0.39, 0.29) is 22.5 Å². The predicted octanol–water partition coefficient (Wildman–Crippen LogP) is 2.82. The molecule has 0 saturated carbocycles. The Labute approximate surface area is 163 Å². The number of nitrogens with one attached hydrogen (secondary N) is 1. The molecule has 1 amide bonds. The van der Waals surface area contributed by atoms with Crippen molar-refractivity contribution in [2.45, 2.75) is 24.0 Å². The van der Waals surface area contributed by atoms with Crippen molar-refractivity contribution in [3.8, 4) is 0 Å². The number of nitrogen functional groups attached to an aromatic ring is 1. The van der Waals surface area contributed by atoms with Gasteiger partial charge in [-0.3, -0.25) is 4.79 Å². The summed E-state index contributed by atoms with van der Waals surface area (Å²) < 4.78 is 27.1. The molecule has 0 radical (unpaired) electrons. The van der Waals surface area contributed by atoms with Crippen LogP contribution in [0.15, 0.2) is 34.7 Å². The lowest BCUT2D eigenvalue weighted by molar-refractivity contribution is 0.103. The van der Waals surface area contributed by atoms with Crippen molar-refractivity contribution in [1.29, 1.82) is 0 Å². The minimum Gasteiger partial charge on any atom is -0.384 e. The van der Waals surface area contributed by atoms with Crippen LogP contribution in [-0.2, 0) is 10.0 Å². The van der Waals surface area contributed by atoms with E-state index in [1.54, 1.807) is 12.1 Å². The van der Waals surface area contributed by atoms with Crippen LogP contribution in [0.5, 0.6) is 0 Å². The Hall–Kier alpha value is -1.68. The lowest BCUT2D eigenvalue weighted by Gasteiger charge is -2.28. The Morgan fingerprint density at radius 3 is 2.58 bits per heavy atom. The van der Waals surface area contributed by atoms with Crippen molar-refractivity contribution in [2.24, 2.45) is 5.92 Å². The summed E-state index contributed by atoms with van der Waals surface area (Å²) in [4.78, 5) is 16.5. The molecule has 1 aliphatic rings. The summed E-state index contributed by atoms with van der Waals surface area (Å²) in [6.07, 6.45) is 3.18. The van der Waals surface area contributed by atoms with Gasteiger partial charge < -0.3 is 11.1 Å². The molecule has 0 bridgehead atoms. The number of sulfonamides is 1. The van der Waals surface area contributed by atoms with E-state index in [2.05, 4.69) is 17.2 Å². The maximum atomic E-state index is 12.7. The van der Waals surface area contributed by atoms with E-state index in [0.717, 1.165) is 24.2 Å². The lowest BCUT2D eigenvalue weighted by atomic mass is 10.0. The second-order valence-electron chi connectivity index (χ2n) is 6.13. The zero-order valence-electron chi connectivity index (χ0n) is 14.2. The van der Waals surface area contributed by atoms with Crippen LogP contribution < -0.4 is 11.1 Å². The fourth-order valence-corrected chi connectivity index (χ4v) is 5.43. The van der Waals surface area contributed by atoms with Gasteiger partial charge in [0, 0.05) is 13.1 Å². The van der Waals surface area contributed by atoms with Crippen LogP contribution in [0, 0.1) is 5.92 Å². The Morgan fingerprint density at radius 2 is 1.96 bits per heavy atom. The summed E-state index contributed by atoms with van der Waals surface area (Å²) in [6, 6.07) is 6.25. The van der Waals surface area contributed by atoms with Crippen LogP contribution in [0.2, 0.25) is 0 Å². The standard InChI is InChI=1S/C16H20N4O3S2.ClH/c1-11-6-8-20(9-7-11)25(22,23)15-5-3-13(24-15)16(21)19-12-2-4-14(17)18-10-12;/h2-5,10-11H,6-9H2,1H3,(H2,17,18)(H,19,21);1H. The van der Waals surface area contributed by atoms with Crippen molar-refractivity contribution in [2.75, 3.05) is 24.1 Å². The molecule has 0 aromatic carbocycles. The van der Waals surface area contributed by atoms with Gasteiger partial charge in [-0.2, -0.15) is 4.31 Å². The summed E-state index contributed by atoms with van der Waals surface area (Å²) in [5.74, 6) is 0.535. The van der Waals surface area contributed by atoms with Crippen LogP contribution in [0.25, 0.3) is 0 Å². The number of hydrogen-bond acceptors (Lipinski definition) is 6. The zero-order valence-corrected chi connectivity index (χ0v) is 16.7. The number of pyridine rings is 1. The number of hydrogen-bond donors (Lipinski definition) is 2. The summed E-state index contributed by atoms with van der Waals surface area (Å²) >= 11 is 0.978. The van der Waals surface area contributed by atoms with Gasteiger partial charge in [-0.05, 0) is 43.0 Å². The van der Waals surface area contributed by atoms with E-state index in [1.807, 2.05) is 0 Å². The predicted molar refractivity (Wildman–Crippen MR) is 105 cm³/mol. The largest absolute Gasteiger partial charge is 0.384 e. The molecule has 1 aliphatic heterocycles. The second kappa shape index (κ2) is 8.34. The van der Waals surface area contributed by atoms with Crippen molar-refractivity contribution in [3.63, 3.8) is 0 Å². The highest BCUT2D eigenvalue weighted by molar-refractivity contribution is 7.91. The molecule has 0 spiro atoms. The third-order valence-corrected chi connectivity index (χ3v) is 7.64. The van der Waals surface area contributed by atoms with E-state index < -0.39 is 10.0 Å². The molecular formula is C16H21ClN4O3S2. The van der Waals surface area contributed by atoms with Gasteiger partial charge in [-0.25, -0.2) is 13.4 Å². The van der Waals surface area contributed by atoms with Gasteiger partial charge in [0.2, 0.25) is 0 Å². The Bertz CT molecular complexity index is 860. The van der Waals surface area contributed by atoms with Crippen molar-refractivity contribution < 1.29 is 13.2 Å². The number of rotatable bonds is 4. The van der Waals surface area contributed by atoms with Gasteiger partial charge >= 0.3 is 0 Å². The monoisotopic (exact) mass is 416 g/mol. The molecule has 7 nitrogen and oxygen atoms in total. The average molecular weight is 417 g/mol. The lowest BCUT2D eigenvalue weighted by Crippen LogP contribution is -2.37. The molecule has 2 aromatic heterocycles.